The van der Waals surface area contributed by atoms with Gasteiger partial charge in [0.2, 0.25) is 23.6 Å². The predicted octanol–water partition coefficient (Wildman–Crippen LogP) is 10.1. The summed E-state index contributed by atoms with van der Waals surface area (Å²) in [4.78, 5) is 74.6. The molecule has 6 N–H and O–H groups in total. The van der Waals surface area contributed by atoms with Crippen molar-refractivity contribution in [3.8, 4) is 0 Å². The molecular formula is C46H86N4O7. The van der Waals surface area contributed by atoms with E-state index in [0.29, 0.717) is 12.8 Å². The van der Waals surface area contributed by atoms with E-state index in [2.05, 4.69) is 24.5 Å². The van der Waals surface area contributed by atoms with Gasteiger partial charge in [-0.05, 0) is 25.7 Å². The second-order valence-electron chi connectivity index (χ2n) is 16.4. The molecule has 2 atom stereocenters. The third-order valence-electron chi connectivity index (χ3n) is 10.8. The summed E-state index contributed by atoms with van der Waals surface area (Å²) in [5.41, 5.74) is 10.6. The zero-order chi connectivity index (χ0) is 42.2. The summed E-state index contributed by atoms with van der Waals surface area (Å²) in [5, 5.41) is 5.19. The van der Waals surface area contributed by atoms with Gasteiger partial charge < -0.3 is 26.8 Å². The zero-order valence-corrected chi connectivity index (χ0v) is 36.6. The minimum atomic E-state index is -1.27. The number of rotatable bonds is 42. The highest BCUT2D eigenvalue weighted by Gasteiger charge is 2.30. The van der Waals surface area contributed by atoms with Crippen LogP contribution in [0, 0.1) is 0 Å². The number of carbonyl (C=O) groups excluding carboxylic acids is 6. The molecule has 0 aliphatic carbocycles. The predicted molar refractivity (Wildman–Crippen MR) is 231 cm³/mol. The van der Waals surface area contributed by atoms with Gasteiger partial charge in [-0.15, -0.1) is 0 Å². The van der Waals surface area contributed by atoms with Crippen LogP contribution in [-0.4, -0.2) is 47.7 Å². The molecule has 332 valence electrons. The fraction of sp³-hybridized carbons (Fsp3) is 0.870. The van der Waals surface area contributed by atoms with Gasteiger partial charge in [0, 0.05) is 25.7 Å². The van der Waals surface area contributed by atoms with Crippen LogP contribution in [0.3, 0.4) is 0 Å². The van der Waals surface area contributed by atoms with E-state index in [1.165, 1.54) is 141 Å². The highest BCUT2D eigenvalue weighted by Crippen LogP contribution is 2.16. The standard InChI is InChI=1S/C46H86N4O7/c1-3-5-7-9-11-13-15-17-19-21-23-25-27-29-31-33-43(53)49-39(35-37-41(47)51)45(55)57-46(56)40(36-38-42(48)52)50-44(54)34-32-30-28-26-24-22-20-18-16-14-12-10-8-6-4-2/h39-40H,3-38H2,1-2H3,(H2,47,51)(H2,48,52)(H,49,53)(H,50,54)/t39-,40-/m0/s1. The Balaban J connectivity index is 4.50. The molecule has 0 aromatic heterocycles. The zero-order valence-electron chi connectivity index (χ0n) is 36.6. The van der Waals surface area contributed by atoms with Crippen molar-refractivity contribution in [1.82, 2.24) is 10.6 Å². The van der Waals surface area contributed by atoms with E-state index in [-0.39, 0.29) is 50.3 Å². The van der Waals surface area contributed by atoms with Crippen molar-refractivity contribution in [2.45, 2.75) is 257 Å². The maximum Gasteiger partial charge on any atom is 0.336 e. The van der Waals surface area contributed by atoms with Gasteiger partial charge in [-0.2, -0.15) is 0 Å². The first-order chi connectivity index (χ1) is 27.6. The SMILES string of the molecule is CCCCCCCCCCCCCCCCCC(=O)N[C@@H](CCC(N)=O)C(=O)OC(=O)[C@H](CCC(N)=O)NC(=O)CCCCCCCCCCCCCCCCC. The summed E-state index contributed by atoms with van der Waals surface area (Å²) >= 11 is 0. The monoisotopic (exact) mass is 807 g/mol. The number of esters is 2. The molecule has 0 saturated carbocycles. The Labute approximate surface area is 347 Å². The van der Waals surface area contributed by atoms with Crippen molar-refractivity contribution in [2.24, 2.45) is 11.5 Å². The van der Waals surface area contributed by atoms with Gasteiger partial charge >= 0.3 is 11.9 Å². The molecule has 0 radical (unpaired) electrons. The molecule has 0 unspecified atom stereocenters. The Morgan fingerprint density at radius 3 is 0.825 bits per heavy atom. The topological polar surface area (TPSA) is 188 Å². The Bertz CT molecular complexity index is 974. The number of amides is 4. The Morgan fingerprint density at radius 1 is 0.368 bits per heavy atom. The summed E-state index contributed by atoms with van der Waals surface area (Å²) in [5.74, 6) is -4.20. The van der Waals surface area contributed by atoms with Crippen LogP contribution in [0.2, 0.25) is 0 Å². The molecule has 0 bridgehead atoms. The van der Waals surface area contributed by atoms with Crippen LogP contribution in [0.4, 0.5) is 0 Å². The Morgan fingerprint density at radius 2 is 0.596 bits per heavy atom. The van der Waals surface area contributed by atoms with Crippen LogP contribution in [0.5, 0.6) is 0 Å². The number of nitrogens with two attached hydrogens (primary N) is 2. The van der Waals surface area contributed by atoms with E-state index >= 15 is 0 Å². The van der Waals surface area contributed by atoms with E-state index in [1.807, 2.05) is 0 Å². The van der Waals surface area contributed by atoms with Crippen molar-refractivity contribution in [1.29, 1.82) is 0 Å². The molecule has 0 aliphatic rings. The van der Waals surface area contributed by atoms with Gasteiger partial charge in [-0.1, -0.05) is 194 Å². The number of unbranched alkanes of at least 4 members (excludes halogenated alkanes) is 28. The van der Waals surface area contributed by atoms with E-state index in [9.17, 15) is 28.8 Å². The minimum Gasteiger partial charge on any atom is -0.390 e. The molecule has 0 rings (SSSR count). The highest BCUT2D eigenvalue weighted by molar-refractivity contribution is 5.95. The molecule has 0 heterocycles. The molecular weight excluding hydrogens is 721 g/mol. The first-order valence-corrected chi connectivity index (χ1v) is 23.5. The lowest BCUT2D eigenvalue weighted by molar-refractivity contribution is -0.164. The third-order valence-corrected chi connectivity index (χ3v) is 10.8. The van der Waals surface area contributed by atoms with Gasteiger partial charge in [0.25, 0.3) is 0 Å². The number of ether oxygens (including phenoxy) is 1. The number of carbonyl (C=O) groups is 6. The van der Waals surface area contributed by atoms with Crippen LogP contribution in [0.25, 0.3) is 0 Å². The number of primary amides is 2. The normalized spacial score (nSPS) is 12.2. The summed E-state index contributed by atoms with van der Waals surface area (Å²) in [6.07, 6.45) is 36.0. The molecule has 11 nitrogen and oxygen atoms in total. The van der Waals surface area contributed by atoms with Crippen LogP contribution in [0.1, 0.15) is 245 Å². The van der Waals surface area contributed by atoms with Gasteiger partial charge in [-0.3, -0.25) is 19.2 Å². The molecule has 0 aliphatic heterocycles. The second kappa shape index (κ2) is 39.8. The van der Waals surface area contributed by atoms with E-state index in [0.717, 1.165) is 38.5 Å². The molecule has 57 heavy (non-hydrogen) atoms. The van der Waals surface area contributed by atoms with Crippen molar-refractivity contribution in [2.75, 3.05) is 0 Å². The number of hydrogen-bond donors (Lipinski definition) is 4. The molecule has 4 amide bonds. The van der Waals surface area contributed by atoms with Crippen molar-refractivity contribution in [3.05, 3.63) is 0 Å². The second-order valence-corrected chi connectivity index (χ2v) is 16.4. The lowest BCUT2D eigenvalue weighted by Crippen LogP contribution is -2.47. The van der Waals surface area contributed by atoms with Crippen LogP contribution in [0.15, 0.2) is 0 Å². The van der Waals surface area contributed by atoms with E-state index in [1.54, 1.807) is 0 Å². The minimum absolute atomic E-state index is 0.135. The molecule has 0 aromatic carbocycles. The Kier molecular flexibility index (Phi) is 37.7. The summed E-state index contributed by atoms with van der Waals surface area (Å²) in [6.45, 7) is 4.49. The maximum absolute atomic E-state index is 13.1. The van der Waals surface area contributed by atoms with Crippen LogP contribution in [-0.2, 0) is 33.5 Å². The van der Waals surface area contributed by atoms with Crippen molar-refractivity contribution < 1.29 is 33.5 Å². The Hall–Kier alpha value is -2.98. The average molecular weight is 807 g/mol. The average Bonchev–Trinajstić information content (AvgIpc) is 3.17. The fourth-order valence-electron chi connectivity index (χ4n) is 7.16. The molecule has 0 aromatic rings. The largest absolute Gasteiger partial charge is 0.390 e. The summed E-state index contributed by atoms with van der Waals surface area (Å²) in [7, 11) is 0. The van der Waals surface area contributed by atoms with Crippen molar-refractivity contribution >= 4 is 35.6 Å². The van der Waals surface area contributed by atoms with E-state index in [4.69, 9.17) is 16.2 Å². The van der Waals surface area contributed by atoms with Crippen molar-refractivity contribution in [3.63, 3.8) is 0 Å². The quantitative estimate of drug-likeness (QED) is 0.0268. The molecule has 0 saturated heterocycles. The molecule has 11 heteroatoms. The smallest absolute Gasteiger partial charge is 0.336 e. The lowest BCUT2D eigenvalue weighted by Gasteiger charge is -2.20. The third kappa shape index (κ3) is 37.1. The number of hydrogen-bond acceptors (Lipinski definition) is 7. The number of nitrogens with one attached hydrogen (secondary N) is 2. The first-order valence-electron chi connectivity index (χ1n) is 23.5. The lowest BCUT2D eigenvalue weighted by atomic mass is 10.0. The summed E-state index contributed by atoms with van der Waals surface area (Å²) < 4.78 is 5.09. The van der Waals surface area contributed by atoms with Gasteiger partial charge in [-0.25, -0.2) is 9.59 Å². The van der Waals surface area contributed by atoms with E-state index < -0.39 is 35.8 Å². The molecule has 0 spiro atoms. The maximum atomic E-state index is 13.1. The first kappa shape index (κ1) is 54.0. The van der Waals surface area contributed by atoms with Crippen LogP contribution < -0.4 is 22.1 Å². The molecule has 0 fully saturated rings. The highest BCUT2D eigenvalue weighted by atomic mass is 16.6. The van der Waals surface area contributed by atoms with Gasteiger partial charge in [0.15, 0.2) is 0 Å². The summed E-state index contributed by atoms with van der Waals surface area (Å²) in [6, 6.07) is -2.53. The fourth-order valence-corrected chi connectivity index (χ4v) is 7.16. The van der Waals surface area contributed by atoms with Crippen LogP contribution >= 0.6 is 0 Å². The van der Waals surface area contributed by atoms with Gasteiger partial charge in [0.05, 0.1) is 0 Å². The van der Waals surface area contributed by atoms with Gasteiger partial charge in [0.1, 0.15) is 12.1 Å².